The van der Waals surface area contributed by atoms with Crippen LogP contribution in [0.25, 0.3) is 0 Å². The van der Waals surface area contributed by atoms with Crippen LogP contribution in [-0.2, 0) is 24.4 Å². The van der Waals surface area contributed by atoms with Crippen LogP contribution in [0.1, 0.15) is 0 Å². The lowest BCUT2D eigenvalue weighted by molar-refractivity contribution is 0.344. The Balaban J connectivity index is 0. The summed E-state index contributed by atoms with van der Waals surface area (Å²) in [4.78, 5) is 7.50. The van der Waals surface area contributed by atoms with Gasteiger partial charge in [0.25, 0.3) is 0 Å². The molecule has 0 saturated heterocycles. The van der Waals surface area contributed by atoms with Crippen molar-refractivity contribution >= 4 is 20.8 Å². The summed E-state index contributed by atoms with van der Waals surface area (Å²) in [5.74, 6) is 0. The molecule has 0 heterocycles. The lowest BCUT2D eigenvalue weighted by Gasteiger charge is -1.89. The molecule has 3 N–H and O–H groups in total. The Hall–Kier alpha value is -0.620. The third kappa shape index (κ3) is 17.7. The van der Waals surface area contributed by atoms with Gasteiger partial charge in [-0.15, -0.1) is 3.63 Å². The summed E-state index contributed by atoms with van der Waals surface area (Å²) in [6.07, 6.45) is 0. The summed E-state index contributed by atoms with van der Waals surface area (Å²) in [5.41, 5.74) is 4.50. The predicted octanol–water partition coefficient (Wildman–Crippen LogP) is -1.06. The van der Waals surface area contributed by atoms with Gasteiger partial charge in [0.15, 0.2) is 0 Å². The zero-order valence-corrected chi connectivity index (χ0v) is 6.29. The van der Waals surface area contributed by atoms with E-state index in [-0.39, 0.29) is 0 Å². The summed E-state index contributed by atoms with van der Waals surface area (Å²) < 4.78 is 55.6. The Kier molecular flexibility index (Phi) is 5.08. The average molecular weight is 209 g/mol. The van der Waals surface area contributed by atoms with Crippen LogP contribution in [-0.4, -0.2) is 25.9 Å². The molecular formula is H3NO8S2. The van der Waals surface area contributed by atoms with Gasteiger partial charge in [-0.3, -0.25) is 9.11 Å². The standard InChI is InChI=1S/HNO.H2O7S2/c1-2;1-8(2,3)7-9(4,5)6/h1H;(H,1,2,3)(H,4,5,6). The van der Waals surface area contributed by atoms with Crippen LogP contribution in [0.4, 0.5) is 0 Å². The second kappa shape index (κ2) is 4.30. The van der Waals surface area contributed by atoms with Crippen LogP contribution in [0, 0.1) is 10.5 Å². The Labute approximate surface area is 61.7 Å². The molecule has 0 aliphatic rings. The average Bonchev–Trinajstić information content (AvgIpc) is 1.60. The monoisotopic (exact) mass is 209 g/mol. The molecule has 0 fully saturated rings. The highest BCUT2D eigenvalue weighted by atomic mass is 32.3. The van der Waals surface area contributed by atoms with Gasteiger partial charge in [0, 0.05) is 0 Å². The smallest absolute Gasteiger partial charge is 0.263 e. The van der Waals surface area contributed by atoms with Gasteiger partial charge in [-0.1, -0.05) is 5.59 Å². The molecule has 0 spiro atoms. The van der Waals surface area contributed by atoms with Gasteiger partial charge in [-0.05, 0) is 0 Å². The topological polar surface area (TPSA) is 159 Å². The van der Waals surface area contributed by atoms with Gasteiger partial charge in [-0.2, -0.15) is 21.7 Å². The number of rotatable bonds is 2. The van der Waals surface area contributed by atoms with Crippen LogP contribution in [0.2, 0.25) is 0 Å². The molecule has 0 amide bonds. The van der Waals surface area contributed by atoms with Crippen molar-refractivity contribution in [3.8, 4) is 0 Å². The fraction of sp³-hybridized carbons (Fsp3) is 0. The van der Waals surface area contributed by atoms with E-state index < -0.39 is 20.8 Å². The maximum Gasteiger partial charge on any atom is 0.413 e. The predicted molar refractivity (Wildman–Crippen MR) is 30.3 cm³/mol. The first kappa shape index (κ1) is 13.0. The molecule has 11 heavy (non-hydrogen) atoms. The van der Waals surface area contributed by atoms with E-state index in [1.54, 1.807) is 0 Å². The molecular weight excluding hydrogens is 206 g/mol. The first-order valence-electron chi connectivity index (χ1n) is 1.57. The molecule has 0 saturated carbocycles. The van der Waals surface area contributed by atoms with Gasteiger partial charge in [0.05, 0.1) is 0 Å². The van der Waals surface area contributed by atoms with Crippen molar-refractivity contribution in [2.45, 2.75) is 0 Å². The molecule has 0 aromatic carbocycles. The number of nitrogens with one attached hydrogen (secondary N) is 1. The highest BCUT2D eigenvalue weighted by Gasteiger charge is 2.15. The second-order valence-electron chi connectivity index (χ2n) is 0.924. The summed E-state index contributed by atoms with van der Waals surface area (Å²) in [6, 6.07) is 0. The molecule has 0 unspecified atom stereocenters. The van der Waals surface area contributed by atoms with E-state index >= 15 is 0 Å². The molecule has 11 heteroatoms. The van der Waals surface area contributed by atoms with E-state index in [0.717, 1.165) is 0 Å². The van der Waals surface area contributed by atoms with Crippen LogP contribution >= 0.6 is 0 Å². The third-order valence-corrected chi connectivity index (χ3v) is 1.55. The molecule has 0 rings (SSSR count). The van der Waals surface area contributed by atoms with Crippen molar-refractivity contribution in [1.29, 1.82) is 5.59 Å². The SMILES string of the molecule is N=O.O=S(=O)(O)OS(=O)(=O)O. The van der Waals surface area contributed by atoms with Crippen molar-refractivity contribution in [3.05, 3.63) is 4.91 Å². The van der Waals surface area contributed by atoms with E-state index in [1.165, 1.54) is 0 Å². The van der Waals surface area contributed by atoms with Crippen molar-refractivity contribution < 1.29 is 29.6 Å². The fourth-order valence-electron chi connectivity index (χ4n) is 0.109. The highest BCUT2D eigenvalue weighted by Crippen LogP contribution is 1.91. The summed E-state index contributed by atoms with van der Waals surface area (Å²) >= 11 is 0. The zero-order valence-electron chi connectivity index (χ0n) is 4.66. The fourth-order valence-corrected chi connectivity index (χ4v) is 0.978. The van der Waals surface area contributed by atoms with Crippen molar-refractivity contribution in [2.24, 2.45) is 0 Å². The van der Waals surface area contributed by atoms with E-state index in [1.807, 2.05) is 0 Å². The molecule has 0 atom stereocenters. The van der Waals surface area contributed by atoms with E-state index in [4.69, 9.17) is 14.0 Å². The lowest BCUT2D eigenvalue weighted by atomic mass is 13.8. The summed E-state index contributed by atoms with van der Waals surface area (Å²) in [7, 11) is -10.2. The van der Waals surface area contributed by atoms with E-state index in [0.29, 0.717) is 0 Å². The maximum atomic E-state index is 9.44. The van der Waals surface area contributed by atoms with Crippen LogP contribution in [0.5, 0.6) is 0 Å². The molecule has 0 aliphatic heterocycles. The quantitative estimate of drug-likeness (QED) is 0.383. The molecule has 0 bridgehead atoms. The minimum absolute atomic E-state index is 2.68. The van der Waals surface area contributed by atoms with Crippen molar-refractivity contribution in [2.75, 3.05) is 0 Å². The van der Waals surface area contributed by atoms with Crippen molar-refractivity contribution in [1.82, 2.24) is 0 Å². The molecule has 0 aromatic heterocycles. The molecule has 68 valence electrons. The van der Waals surface area contributed by atoms with Gasteiger partial charge in [0.2, 0.25) is 0 Å². The minimum atomic E-state index is -5.12. The van der Waals surface area contributed by atoms with E-state index in [2.05, 4.69) is 9.22 Å². The Morgan fingerprint density at radius 3 is 1.09 bits per heavy atom. The van der Waals surface area contributed by atoms with Crippen molar-refractivity contribution in [3.63, 3.8) is 0 Å². The number of hydrogen-bond donors (Lipinski definition) is 3. The molecule has 0 aliphatic carbocycles. The van der Waals surface area contributed by atoms with E-state index in [9.17, 15) is 16.8 Å². The van der Waals surface area contributed by atoms with Gasteiger partial charge in [-0.25, -0.2) is 0 Å². The number of hydrogen-bond acceptors (Lipinski definition) is 7. The largest absolute Gasteiger partial charge is 0.413 e. The summed E-state index contributed by atoms with van der Waals surface area (Å²) in [6.45, 7) is 0. The Morgan fingerprint density at radius 1 is 0.909 bits per heavy atom. The van der Waals surface area contributed by atoms with Crippen LogP contribution < -0.4 is 0 Å². The minimum Gasteiger partial charge on any atom is -0.263 e. The Bertz CT molecular complexity index is 250. The zero-order chi connectivity index (χ0) is 9.71. The highest BCUT2D eigenvalue weighted by molar-refractivity contribution is 7.94. The van der Waals surface area contributed by atoms with Gasteiger partial charge < -0.3 is 0 Å². The normalized spacial score (nSPS) is 11.5. The molecule has 9 nitrogen and oxygen atoms in total. The molecule has 0 radical (unpaired) electrons. The third-order valence-electron chi connectivity index (χ3n) is 0.172. The molecule has 0 aromatic rings. The summed E-state index contributed by atoms with van der Waals surface area (Å²) in [5, 5.41) is 0. The maximum absolute atomic E-state index is 9.44. The van der Waals surface area contributed by atoms with Crippen LogP contribution in [0.15, 0.2) is 0 Å². The van der Waals surface area contributed by atoms with Gasteiger partial charge in [0.1, 0.15) is 0 Å². The number of nitroso groups, excluding NO2 is 1. The van der Waals surface area contributed by atoms with Gasteiger partial charge >= 0.3 is 20.8 Å². The second-order valence-corrected chi connectivity index (χ2v) is 3.18. The first-order valence-corrected chi connectivity index (χ1v) is 4.30. The Morgan fingerprint density at radius 2 is 1.09 bits per heavy atom. The lowest BCUT2D eigenvalue weighted by Crippen LogP contribution is -2.10. The first-order chi connectivity index (χ1) is 4.71. The van der Waals surface area contributed by atoms with Crippen LogP contribution in [0.3, 0.4) is 0 Å².